The summed E-state index contributed by atoms with van der Waals surface area (Å²) < 4.78 is 76.5. The van der Waals surface area contributed by atoms with Gasteiger partial charge in [-0.1, -0.05) is 34.4 Å². The Morgan fingerprint density at radius 1 is 1.15 bits per heavy atom. The van der Waals surface area contributed by atoms with Gasteiger partial charge >= 0.3 is 12.6 Å². The van der Waals surface area contributed by atoms with E-state index >= 15 is 0 Å². The van der Waals surface area contributed by atoms with Crippen LogP contribution in [0.5, 0.6) is 11.5 Å². The second kappa shape index (κ2) is 13.5. The lowest BCUT2D eigenvalue weighted by molar-refractivity contribution is -0.150. The fourth-order valence-corrected chi connectivity index (χ4v) is 8.40. The second-order valence-corrected chi connectivity index (χ2v) is 14.6. The second-order valence-electron chi connectivity index (χ2n) is 10.7. The zero-order valence-electron chi connectivity index (χ0n) is 24.1. The number of carbonyl (C=O) groups excluding carboxylic acids is 1. The molecule has 0 spiro atoms. The van der Waals surface area contributed by atoms with Crippen molar-refractivity contribution < 1.29 is 40.7 Å². The molecule has 0 radical (unpaired) electrons. The van der Waals surface area contributed by atoms with E-state index in [9.17, 15) is 22.0 Å². The predicted octanol–water partition coefficient (Wildman–Crippen LogP) is 6.21. The van der Waals surface area contributed by atoms with Crippen molar-refractivity contribution in [3.8, 4) is 11.5 Å². The first kappa shape index (κ1) is 32.7. The first-order chi connectivity index (χ1) is 22.0. The average molecular weight is 716 g/mol. The number of aromatic nitrogens is 3. The molecule has 1 saturated heterocycles. The molecule has 1 saturated carbocycles. The lowest BCUT2D eigenvalue weighted by Crippen LogP contribution is -2.40. The van der Waals surface area contributed by atoms with Crippen molar-refractivity contribution >= 4 is 62.1 Å². The molecule has 1 aliphatic carbocycles. The van der Waals surface area contributed by atoms with Crippen molar-refractivity contribution in [3.05, 3.63) is 69.7 Å². The summed E-state index contributed by atoms with van der Waals surface area (Å²) in [6.07, 6.45) is 4.72. The van der Waals surface area contributed by atoms with Crippen LogP contribution in [0.15, 0.2) is 52.3 Å². The minimum atomic E-state index is -4.20. The number of aryl methyl sites for hydroxylation is 1. The summed E-state index contributed by atoms with van der Waals surface area (Å²) in [6, 6.07) is 5.62. The predicted molar refractivity (Wildman–Crippen MR) is 165 cm³/mol. The molecule has 0 unspecified atom stereocenters. The highest BCUT2D eigenvalue weighted by Crippen LogP contribution is 2.39. The van der Waals surface area contributed by atoms with Gasteiger partial charge in [0.05, 0.1) is 33.9 Å². The van der Waals surface area contributed by atoms with Crippen LogP contribution in [0.4, 0.5) is 8.78 Å². The maximum atomic E-state index is 13.8. The van der Waals surface area contributed by atoms with Crippen molar-refractivity contribution in [2.75, 3.05) is 18.9 Å². The number of nitrogens with zero attached hydrogens (tertiary/aromatic N) is 4. The molecule has 2 aliphatic rings. The van der Waals surface area contributed by atoms with Gasteiger partial charge in [0, 0.05) is 31.1 Å². The van der Waals surface area contributed by atoms with Crippen LogP contribution < -0.4 is 9.47 Å². The first-order valence-corrected chi connectivity index (χ1v) is 17.3. The molecule has 1 aromatic carbocycles. The number of sulfonamides is 1. The Balaban J connectivity index is 1.31. The molecule has 17 heteroatoms. The van der Waals surface area contributed by atoms with Gasteiger partial charge in [0.2, 0.25) is 10.0 Å². The largest absolute Gasteiger partial charge is 0.489 e. The maximum Gasteiger partial charge on any atom is 0.387 e. The molecule has 2 fully saturated rings. The summed E-state index contributed by atoms with van der Waals surface area (Å²) in [5, 5.41) is 3.43. The Bertz CT molecular complexity index is 1860. The highest BCUT2D eigenvalue weighted by molar-refractivity contribution is 8.02. The van der Waals surface area contributed by atoms with Gasteiger partial charge < -0.3 is 18.7 Å². The van der Waals surface area contributed by atoms with Gasteiger partial charge in [0.15, 0.2) is 16.9 Å². The summed E-state index contributed by atoms with van der Waals surface area (Å²) in [5.41, 5.74) is 1.43. The van der Waals surface area contributed by atoms with Crippen LogP contribution >= 0.6 is 35.0 Å². The SMILES string of the molecule is Cc1noc2ncc(S(=O)(=O)N3CCS[C@H]3C(=O)O[C@@H](Cc3c(Cl)cncc3Cl)c3ccc(OC(F)F)c(OCC4CC4)c3)cc12. The van der Waals surface area contributed by atoms with E-state index < -0.39 is 34.1 Å². The third-order valence-corrected chi connectivity index (χ3v) is 11.3. The summed E-state index contributed by atoms with van der Waals surface area (Å²) >= 11 is 13.9. The quantitative estimate of drug-likeness (QED) is 0.155. The van der Waals surface area contributed by atoms with Gasteiger partial charge in [-0.05, 0) is 55.0 Å². The molecule has 3 aromatic heterocycles. The number of carbonyl (C=O) groups is 1. The standard InChI is InChI=1S/C29H26Cl2F2N4O7S2/c1-15-19-9-18(11-35-26(19)44-36-15)46(39,40)37-6-7-45-27(37)28(38)42-24(10-20-21(30)12-34-13-22(20)31)17-4-5-23(43-29(32)33)25(8-17)41-14-16-2-3-16/h4-5,8-9,11-13,16,24,27,29H,2-3,6-7,10,14H2,1H3/t24-,27-/m0/s1. The monoisotopic (exact) mass is 714 g/mol. The van der Waals surface area contributed by atoms with Crippen LogP contribution in [0.25, 0.3) is 11.1 Å². The first-order valence-electron chi connectivity index (χ1n) is 14.1. The van der Waals surface area contributed by atoms with Crippen molar-refractivity contribution in [2.45, 2.75) is 49.2 Å². The smallest absolute Gasteiger partial charge is 0.387 e. The number of pyridine rings is 2. The van der Waals surface area contributed by atoms with Gasteiger partial charge in [-0.3, -0.25) is 4.98 Å². The highest BCUT2D eigenvalue weighted by atomic mass is 35.5. The molecular formula is C29H26Cl2F2N4O7S2. The molecular weight excluding hydrogens is 689 g/mol. The summed E-state index contributed by atoms with van der Waals surface area (Å²) in [7, 11) is -4.20. The Labute approximate surface area is 276 Å². The van der Waals surface area contributed by atoms with Crippen molar-refractivity contribution in [1.29, 1.82) is 0 Å². The lowest BCUT2D eigenvalue weighted by atomic mass is 10.0. The van der Waals surface area contributed by atoms with Gasteiger partial charge in [-0.25, -0.2) is 18.2 Å². The molecule has 1 aliphatic heterocycles. The molecule has 11 nitrogen and oxygen atoms in total. The number of rotatable bonds is 12. The summed E-state index contributed by atoms with van der Waals surface area (Å²) in [4.78, 5) is 21.7. The number of halogens is 4. The van der Waals surface area contributed by atoms with Crippen LogP contribution in [0.1, 0.15) is 35.8 Å². The average Bonchev–Trinajstić information content (AvgIpc) is 3.57. The maximum absolute atomic E-state index is 13.8. The van der Waals surface area contributed by atoms with Gasteiger partial charge in [0.1, 0.15) is 11.0 Å². The van der Waals surface area contributed by atoms with Crippen LogP contribution in [0, 0.1) is 12.8 Å². The van der Waals surface area contributed by atoms with E-state index in [1.807, 2.05) is 0 Å². The number of alkyl halides is 2. The minimum absolute atomic E-state index is 0.0406. The van der Waals surface area contributed by atoms with E-state index in [0.717, 1.165) is 35.1 Å². The topological polar surface area (TPSA) is 134 Å². The van der Waals surface area contributed by atoms with Gasteiger partial charge in [-0.15, -0.1) is 11.8 Å². The molecule has 0 bridgehead atoms. The van der Waals surface area contributed by atoms with E-state index in [1.54, 1.807) is 6.92 Å². The fraction of sp³-hybridized carbons (Fsp3) is 0.379. The zero-order chi connectivity index (χ0) is 32.6. The number of hydrogen-bond donors (Lipinski definition) is 0. The number of esters is 1. The Morgan fingerprint density at radius 3 is 2.63 bits per heavy atom. The third-order valence-electron chi connectivity index (χ3n) is 7.47. The molecule has 6 rings (SSSR count). The molecule has 2 atom stereocenters. The number of hydrogen-bond acceptors (Lipinski definition) is 11. The van der Waals surface area contributed by atoms with Crippen LogP contribution in [0.3, 0.4) is 0 Å². The summed E-state index contributed by atoms with van der Waals surface area (Å²) in [6.45, 7) is -1.09. The van der Waals surface area contributed by atoms with E-state index in [0.29, 0.717) is 40.5 Å². The van der Waals surface area contributed by atoms with Gasteiger partial charge in [-0.2, -0.15) is 13.1 Å². The van der Waals surface area contributed by atoms with E-state index in [1.165, 1.54) is 36.7 Å². The van der Waals surface area contributed by atoms with E-state index in [2.05, 4.69) is 19.9 Å². The summed E-state index contributed by atoms with van der Waals surface area (Å²) in [5.74, 6) is -0.346. The van der Waals surface area contributed by atoms with Crippen LogP contribution in [-0.2, 0) is 26.0 Å². The molecule has 4 aromatic rings. The molecule has 4 heterocycles. The number of thioether (sulfide) groups is 1. The zero-order valence-corrected chi connectivity index (χ0v) is 27.2. The van der Waals surface area contributed by atoms with E-state index in [-0.39, 0.29) is 45.1 Å². The molecule has 0 amide bonds. The molecule has 0 N–H and O–H groups in total. The number of fused-ring (bicyclic) bond motifs is 1. The number of benzene rings is 1. The Morgan fingerprint density at radius 2 is 1.91 bits per heavy atom. The molecule has 46 heavy (non-hydrogen) atoms. The van der Waals surface area contributed by atoms with Crippen LogP contribution in [0.2, 0.25) is 10.0 Å². The van der Waals surface area contributed by atoms with Crippen molar-refractivity contribution in [3.63, 3.8) is 0 Å². The minimum Gasteiger partial charge on any atom is -0.489 e. The van der Waals surface area contributed by atoms with Crippen LogP contribution in [-0.4, -0.2) is 64.7 Å². The van der Waals surface area contributed by atoms with Crippen molar-refractivity contribution in [2.24, 2.45) is 5.92 Å². The lowest BCUT2D eigenvalue weighted by Gasteiger charge is -2.26. The normalized spacial score (nSPS) is 17.8. The Kier molecular flexibility index (Phi) is 9.57. The third kappa shape index (κ3) is 7.03. The van der Waals surface area contributed by atoms with Crippen molar-refractivity contribution in [1.82, 2.24) is 19.4 Å². The van der Waals surface area contributed by atoms with E-state index in [4.69, 9.17) is 37.2 Å². The molecule has 244 valence electrons. The fourth-order valence-electron chi connectivity index (χ4n) is 4.86. The number of ether oxygens (including phenoxy) is 3. The van der Waals surface area contributed by atoms with Gasteiger partial charge in [0.25, 0.3) is 5.71 Å². The highest BCUT2D eigenvalue weighted by Gasteiger charge is 2.42. The Hall–Kier alpha value is -3.24.